The second-order valence-electron chi connectivity index (χ2n) is 8.31. The number of hydrogen-bond acceptors (Lipinski definition) is 8. The summed E-state index contributed by atoms with van der Waals surface area (Å²) >= 11 is 3.03. The number of nitrogens with two attached hydrogens (primary N) is 1. The van der Waals surface area contributed by atoms with Crippen LogP contribution in [0.5, 0.6) is 0 Å². The smallest absolute Gasteiger partial charge is 0.326 e. The zero-order chi connectivity index (χ0) is 27.8. The first-order valence-electron chi connectivity index (χ1n) is 11.7. The number of amides is 3. The van der Waals surface area contributed by atoms with E-state index in [1.165, 1.54) is 11.8 Å². The van der Waals surface area contributed by atoms with Gasteiger partial charge < -0.3 is 31.9 Å². The number of carboxylic acid groups (broad SMARTS) is 2. The molecule has 1 rings (SSSR count). The van der Waals surface area contributed by atoms with E-state index < -0.39 is 60.2 Å². The molecule has 0 heterocycles. The highest BCUT2D eigenvalue weighted by molar-refractivity contribution is 7.98. The number of hydrogen-bond donors (Lipinski definition) is 6. The quantitative estimate of drug-likeness (QED) is 0.148. The number of carboxylic acids is 2. The van der Waals surface area contributed by atoms with Gasteiger partial charge in [-0.25, -0.2) is 4.79 Å². The fourth-order valence-electron chi connectivity index (χ4n) is 3.29. The topological polar surface area (TPSA) is 188 Å². The molecule has 0 saturated heterocycles. The molecule has 206 valence electrons. The van der Waals surface area contributed by atoms with Crippen LogP contribution in [0, 0.1) is 0 Å². The summed E-state index contributed by atoms with van der Waals surface area (Å²) in [5.74, 6) is -3.19. The predicted octanol–water partition coefficient (Wildman–Crippen LogP) is 0.466. The maximum atomic E-state index is 13.2. The van der Waals surface area contributed by atoms with Crippen LogP contribution in [0.1, 0.15) is 31.2 Å². The predicted molar refractivity (Wildman–Crippen MR) is 144 cm³/mol. The zero-order valence-electron chi connectivity index (χ0n) is 21.0. The molecule has 11 nitrogen and oxygen atoms in total. The van der Waals surface area contributed by atoms with E-state index in [1.807, 2.05) is 12.5 Å². The van der Waals surface area contributed by atoms with Crippen LogP contribution in [0.4, 0.5) is 0 Å². The fraction of sp³-hybridized carbons (Fsp3) is 0.542. The molecule has 0 spiro atoms. The molecule has 3 amide bonds. The van der Waals surface area contributed by atoms with Crippen LogP contribution in [0.25, 0.3) is 0 Å². The van der Waals surface area contributed by atoms with Gasteiger partial charge in [-0.3, -0.25) is 19.2 Å². The van der Waals surface area contributed by atoms with Crippen molar-refractivity contribution in [2.45, 2.75) is 56.3 Å². The van der Waals surface area contributed by atoms with Gasteiger partial charge in [-0.05, 0) is 48.8 Å². The van der Waals surface area contributed by atoms with Crippen LogP contribution >= 0.6 is 23.5 Å². The van der Waals surface area contributed by atoms with Crippen LogP contribution in [0.2, 0.25) is 0 Å². The highest BCUT2D eigenvalue weighted by atomic mass is 32.2. The van der Waals surface area contributed by atoms with Crippen molar-refractivity contribution in [1.82, 2.24) is 16.0 Å². The molecule has 0 aliphatic heterocycles. The summed E-state index contributed by atoms with van der Waals surface area (Å²) in [5, 5.41) is 26.0. The lowest BCUT2D eigenvalue weighted by Crippen LogP contribution is -2.57. The Labute approximate surface area is 225 Å². The highest BCUT2D eigenvalue weighted by Gasteiger charge is 2.30. The van der Waals surface area contributed by atoms with Gasteiger partial charge in [0, 0.05) is 12.8 Å². The van der Waals surface area contributed by atoms with Gasteiger partial charge in [0.05, 0.1) is 6.04 Å². The Bertz CT molecular complexity index is 904. The molecule has 0 aliphatic carbocycles. The summed E-state index contributed by atoms with van der Waals surface area (Å²) in [5.41, 5.74) is 6.65. The maximum absolute atomic E-state index is 13.2. The first-order chi connectivity index (χ1) is 17.6. The van der Waals surface area contributed by atoms with Gasteiger partial charge in [0.15, 0.2) is 0 Å². The third kappa shape index (κ3) is 12.8. The number of carbonyl (C=O) groups excluding carboxylic acids is 3. The number of thioether (sulfide) groups is 2. The summed E-state index contributed by atoms with van der Waals surface area (Å²) < 4.78 is 0. The van der Waals surface area contributed by atoms with Crippen molar-refractivity contribution in [3.8, 4) is 0 Å². The van der Waals surface area contributed by atoms with Crippen molar-refractivity contribution in [2.24, 2.45) is 5.73 Å². The second-order valence-corrected chi connectivity index (χ2v) is 10.3. The molecule has 1 aromatic rings. The van der Waals surface area contributed by atoms with E-state index in [0.29, 0.717) is 29.9 Å². The Hall–Kier alpha value is -2.77. The van der Waals surface area contributed by atoms with Crippen LogP contribution in [-0.2, 0) is 30.4 Å². The Kier molecular flexibility index (Phi) is 15.4. The number of carbonyl (C=O) groups is 5. The summed E-state index contributed by atoms with van der Waals surface area (Å²) in [7, 11) is 0. The van der Waals surface area contributed by atoms with Crippen LogP contribution in [0.15, 0.2) is 30.3 Å². The molecule has 1 aromatic carbocycles. The van der Waals surface area contributed by atoms with Gasteiger partial charge in [0.25, 0.3) is 0 Å². The molecule has 4 atom stereocenters. The SMILES string of the molecule is CSCCC(N)C(=O)NC(CCSC)C(=O)NC(Cc1ccccc1)C(=O)NC(CCC(=O)O)C(=O)O. The van der Waals surface area contributed by atoms with Crippen molar-refractivity contribution < 1.29 is 34.2 Å². The third-order valence-corrected chi connectivity index (χ3v) is 6.68. The van der Waals surface area contributed by atoms with Crippen molar-refractivity contribution in [2.75, 3.05) is 24.0 Å². The molecule has 0 aromatic heterocycles. The molecule has 0 saturated carbocycles. The van der Waals surface area contributed by atoms with E-state index in [1.54, 1.807) is 42.1 Å². The van der Waals surface area contributed by atoms with E-state index in [0.717, 1.165) is 0 Å². The summed E-state index contributed by atoms with van der Waals surface area (Å²) in [6.07, 6.45) is 3.78. The van der Waals surface area contributed by atoms with Crippen molar-refractivity contribution in [3.05, 3.63) is 35.9 Å². The van der Waals surface area contributed by atoms with Crippen LogP contribution < -0.4 is 21.7 Å². The van der Waals surface area contributed by atoms with Crippen LogP contribution in [0.3, 0.4) is 0 Å². The van der Waals surface area contributed by atoms with Gasteiger partial charge in [-0.1, -0.05) is 30.3 Å². The molecule has 0 bridgehead atoms. The molecule has 37 heavy (non-hydrogen) atoms. The molecule has 0 fully saturated rings. The largest absolute Gasteiger partial charge is 0.481 e. The Morgan fingerprint density at radius 3 is 1.89 bits per heavy atom. The van der Waals surface area contributed by atoms with E-state index in [9.17, 15) is 29.1 Å². The molecule has 7 N–H and O–H groups in total. The second kappa shape index (κ2) is 17.6. The number of nitrogens with one attached hydrogen (secondary N) is 3. The normalized spacial score (nSPS) is 14.0. The Morgan fingerprint density at radius 1 is 0.784 bits per heavy atom. The van der Waals surface area contributed by atoms with Crippen molar-refractivity contribution in [3.63, 3.8) is 0 Å². The van der Waals surface area contributed by atoms with E-state index in [-0.39, 0.29) is 12.8 Å². The highest BCUT2D eigenvalue weighted by Crippen LogP contribution is 2.08. The van der Waals surface area contributed by atoms with E-state index in [4.69, 9.17) is 10.8 Å². The van der Waals surface area contributed by atoms with E-state index >= 15 is 0 Å². The molecule has 0 aliphatic rings. The minimum atomic E-state index is -1.44. The van der Waals surface area contributed by atoms with E-state index in [2.05, 4.69) is 16.0 Å². The summed E-state index contributed by atoms with van der Waals surface area (Å²) in [6, 6.07) is 4.47. The van der Waals surface area contributed by atoms with Crippen molar-refractivity contribution >= 4 is 53.2 Å². The Morgan fingerprint density at radius 2 is 1.32 bits per heavy atom. The fourth-order valence-corrected chi connectivity index (χ4v) is 4.25. The van der Waals surface area contributed by atoms with Gasteiger partial charge >= 0.3 is 11.9 Å². The first kappa shape index (κ1) is 32.3. The average Bonchev–Trinajstić information content (AvgIpc) is 2.86. The zero-order valence-corrected chi connectivity index (χ0v) is 22.6. The molecular formula is C24H36N4O7S2. The number of aliphatic carboxylic acids is 2. The molecule has 13 heteroatoms. The van der Waals surface area contributed by atoms with Gasteiger partial charge in [-0.15, -0.1) is 0 Å². The lowest BCUT2D eigenvalue weighted by Gasteiger charge is -2.25. The third-order valence-electron chi connectivity index (χ3n) is 5.39. The lowest BCUT2D eigenvalue weighted by atomic mass is 10.0. The standard InChI is InChI=1S/C24H36N4O7S2/c1-36-12-10-16(25)21(31)26-17(11-13-37-2)22(32)28-19(14-15-6-4-3-5-7-15)23(33)27-18(24(34)35)8-9-20(29)30/h3-7,16-19H,8-14,25H2,1-2H3,(H,26,31)(H,27,33)(H,28,32)(H,29,30)(H,34,35). The maximum Gasteiger partial charge on any atom is 0.326 e. The van der Waals surface area contributed by atoms with Crippen molar-refractivity contribution in [1.29, 1.82) is 0 Å². The van der Waals surface area contributed by atoms with Gasteiger partial charge in [0.1, 0.15) is 18.1 Å². The van der Waals surface area contributed by atoms with Crippen LogP contribution in [-0.4, -0.2) is 88.1 Å². The average molecular weight is 557 g/mol. The first-order valence-corrected chi connectivity index (χ1v) is 14.5. The minimum absolute atomic E-state index is 0.0557. The number of benzene rings is 1. The van der Waals surface area contributed by atoms with Gasteiger partial charge in [-0.2, -0.15) is 23.5 Å². The molecular weight excluding hydrogens is 520 g/mol. The summed E-state index contributed by atoms with van der Waals surface area (Å²) in [6.45, 7) is 0. The molecule has 4 unspecified atom stereocenters. The molecule has 0 radical (unpaired) electrons. The van der Waals surface area contributed by atoms with Gasteiger partial charge in [0.2, 0.25) is 17.7 Å². The number of rotatable bonds is 18. The Balaban J connectivity index is 3.07. The lowest BCUT2D eigenvalue weighted by molar-refractivity contribution is -0.143. The minimum Gasteiger partial charge on any atom is -0.481 e. The summed E-state index contributed by atoms with van der Waals surface area (Å²) in [4.78, 5) is 61.3. The monoisotopic (exact) mass is 556 g/mol.